The van der Waals surface area contributed by atoms with Crippen molar-refractivity contribution in [3.05, 3.63) is 11.8 Å². The number of nitrogens with zero attached hydrogens (tertiary/aromatic N) is 2. The first-order valence-corrected chi connectivity index (χ1v) is 7.30. The van der Waals surface area contributed by atoms with E-state index in [2.05, 4.69) is 14.9 Å². The Balaban J connectivity index is 2.58. The summed E-state index contributed by atoms with van der Waals surface area (Å²) in [5, 5.41) is 14.0. The molecule has 0 bridgehead atoms. The highest BCUT2D eigenvalue weighted by molar-refractivity contribution is 7.89. The summed E-state index contributed by atoms with van der Waals surface area (Å²) in [6.45, 7) is 1.84. The van der Waals surface area contributed by atoms with Gasteiger partial charge in [0.2, 0.25) is 0 Å². The largest absolute Gasteiger partial charge is 0.478 e. The number of hydrogen-bond donors (Lipinski definition) is 3. The van der Waals surface area contributed by atoms with Crippen LogP contribution in [-0.4, -0.2) is 75.0 Å². The lowest BCUT2D eigenvalue weighted by atomic mass is 10.4. The van der Waals surface area contributed by atoms with E-state index in [4.69, 9.17) is 9.84 Å². The van der Waals surface area contributed by atoms with E-state index >= 15 is 0 Å². The Hall–Kier alpha value is -1.49. The fourth-order valence-electron chi connectivity index (χ4n) is 1.43. The first-order chi connectivity index (χ1) is 9.38. The zero-order valence-electron chi connectivity index (χ0n) is 11.3. The van der Waals surface area contributed by atoms with Gasteiger partial charge in [-0.1, -0.05) is 0 Å². The summed E-state index contributed by atoms with van der Waals surface area (Å²) >= 11 is 0. The molecule has 0 aromatic carbocycles. The maximum absolute atomic E-state index is 11.9. The molecular formula is C10H18N4O5S. The second-order valence-corrected chi connectivity index (χ2v) is 5.82. The van der Waals surface area contributed by atoms with Gasteiger partial charge in [0, 0.05) is 26.7 Å². The van der Waals surface area contributed by atoms with Crippen molar-refractivity contribution >= 4 is 16.0 Å². The van der Waals surface area contributed by atoms with Crippen LogP contribution in [0.1, 0.15) is 10.4 Å². The molecule has 1 rings (SSSR count). The van der Waals surface area contributed by atoms with E-state index in [1.165, 1.54) is 0 Å². The molecule has 0 aliphatic heterocycles. The molecule has 0 saturated heterocycles. The molecule has 0 spiro atoms. The molecular weight excluding hydrogens is 288 g/mol. The van der Waals surface area contributed by atoms with Crippen LogP contribution in [0.3, 0.4) is 0 Å². The average Bonchev–Trinajstić information content (AvgIpc) is 2.86. The van der Waals surface area contributed by atoms with E-state index < -0.39 is 21.0 Å². The van der Waals surface area contributed by atoms with Gasteiger partial charge in [0.05, 0.1) is 12.8 Å². The Morgan fingerprint density at radius 1 is 1.55 bits per heavy atom. The number of aromatic amines is 1. The Morgan fingerprint density at radius 3 is 2.85 bits per heavy atom. The number of aromatic carboxylic acids is 1. The van der Waals surface area contributed by atoms with Crippen LogP contribution in [0.5, 0.6) is 0 Å². The molecule has 0 saturated carbocycles. The second kappa shape index (κ2) is 7.33. The van der Waals surface area contributed by atoms with Crippen LogP contribution in [0.4, 0.5) is 0 Å². The highest BCUT2D eigenvalue weighted by atomic mass is 32.2. The standard InChI is InChI=1S/C10H18N4O5S/c1-14(5-6-19-2)4-3-12-20(17,18)9-8(10(15)16)7-11-13-9/h7,12H,3-6H2,1-2H3,(H,11,13)(H,15,16). The number of hydrogen-bond acceptors (Lipinski definition) is 6. The van der Waals surface area contributed by atoms with Gasteiger partial charge in [0.15, 0.2) is 5.03 Å². The SMILES string of the molecule is COCCN(C)CCNS(=O)(=O)c1[nH]ncc1C(=O)O. The fraction of sp³-hybridized carbons (Fsp3) is 0.600. The second-order valence-electron chi connectivity index (χ2n) is 4.11. The molecule has 0 radical (unpaired) electrons. The topological polar surface area (TPSA) is 125 Å². The third-order valence-electron chi connectivity index (χ3n) is 2.57. The van der Waals surface area contributed by atoms with Crippen molar-refractivity contribution in [3.8, 4) is 0 Å². The van der Waals surface area contributed by atoms with Crippen LogP contribution in [0.2, 0.25) is 0 Å². The van der Waals surface area contributed by atoms with E-state index in [1.54, 1.807) is 7.11 Å². The number of sulfonamides is 1. The molecule has 1 heterocycles. The number of H-pyrrole nitrogens is 1. The fourth-order valence-corrected chi connectivity index (χ4v) is 2.54. The summed E-state index contributed by atoms with van der Waals surface area (Å²) in [6, 6.07) is 0. The first-order valence-electron chi connectivity index (χ1n) is 5.82. The smallest absolute Gasteiger partial charge is 0.340 e. The normalized spacial score (nSPS) is 11.9. The lowest BCUT2D eigenvalue weighted by molar-refractivity contribution is 0.0692. The highest BCUT2D eigenvalue weighted by Gasteiger charge is 2.24. The van der Waals surface area contributed by atoms with Gasteiger partial charge in [0.1, 0.15) is 5.56 Å². The monoisotopic (exact) mass is 306 g/mol. The van der Waals surface area contributed by atoms with E-state index in [9.17, 15) is 13.2 Å². The number of ether oxygens (including phenoxy) is 1. The maximum atomic E-state index is 11.9. The summed E-state index contributed by atoms with van der Waals surface area (Å²) in [5.41, 5.74) is -0.384. The van der Waals surface area contributed by atoms with Gasteiger partial charge >= 0.3 is 5.97 Å². The van der Waals surface area contributed by atoms with Crippen molar-refractivity contribution in [2.75, 3.05) is 40.4 Å². The third kappa shape index (κ3) is 4.56. The summed E-state index contributed by atoms with van der Waals surface area (Å²) in [7, 11) is -0.504. The van der Waals surface area contributed by atoms with E-state index in [0.29, 0.717) is 19.7 Å². The van der Waals surface area contributed by atoms with Crippen molar-refractivity contribution < 1.29 is 23.1 Å². The molecule has 0 unspecified atom stereocenters. The number of carboxylic acids is 1. The van der Waals surface area contributed by atoms with Crippen molar-refractivity contribution in [3.63, 3.8) is 0 Å². The predicted octanol–water partition coefficient (Wildman–Crippen LogP) is -1.04. The molecule has 0 aliphatic carbocycles. The molecule has 1 aromatic heterocycles. The molecule has 10 heteroatoms. The van der Waals surface area contributed by atoms with Gasteiger partial charge in [-0.05, 0) is 7.05 Å². The van der Waals surface area contributed by atoms with Crippen LogP contribution in [0, 0.1) is 0 Å². The zero-order valence-corrected chi connectivity index (χ0v) is 12.1. The number of rotatable bonds is 9. The number of likely N-dealkylation sites (N-methyl/N-ethyl adjacent to an activating group) is 1. The molecule has 3 N–H and O–H groups in total. The van der Waals surface area contributed by atoms with Gasteiger partial charge in [-0.25, -0.2) is 17.9 Å². The minimum absolute atomic E-state index is 0.153. The zero-order chi connectivity index (χ0) is 15.2. The van der Waals surface area contributed by atoms with Crippen molar-refractivity contribution in [2.45, 2.75) is 5.03 Å². The molecule has 0 aliphatic rings. The third-order valence-corrected chi connectivity index (χ3v) is 4.00. The van der Waals surface area contributed by atoms with E-state index in [0.717, 1.165) is 6.20 Å². The van der Waals surface area contributed by atoms with Crippen molar-refractivity contribution in [1.29, 1.82) is 0 Å². The Kier molecular flexibility index (Phi) is 6.07. The summed E-state index contributed by atoms with van der Waals surface area (Å²) < 4.78 is 31.1. The molecule has 0 amide bonds. The molecule has 0 atom stereocenters. The highest BCUT2D eigenvalue weighted by Crippen LogP contribution is 2.11. The van der Waals surface area contributed by atoms with Crippen molar-refractivity contribution in [2.24, 2.45) is 0 Å². The number of carbonyl (C=O) groups is 1. The molecule has 114 valence electrons. The molecule has 1 aromatic rings. The van der Waals surface area contributed by atoms with Crippen LogP contribution in [0.25, 0.3) is 0 Å². The van der Waals surface area contributed by atoms with Crippen LogP contribution < -0.4 is 4.72 Å². The number of aromatic nitrogens is 2. The van der Waals surface area contributed by atoms with Gasteiger partial charge < -0.3 is 14.7 Å². The first kappa shape index (κ1) is 16.6. The van der Waals surface area contributed by atoms with Crippen LogP contribution in [-0.2, 0) is 14.8 Å². The predicted molar refractivity (Wildman–Crippen MR) is 70.1 cm³/mol. The molecule has 0 fully saturated rings. The summed E-state index contributed by atoms with van der Waals surface area (Å²) in [6.07, 6.45) is 0.960. The quantitative estimate of drug-likeness (QED) is 0.532. The summed E-state index contributed by atoms with van der Waals surface area (Å²) in [5.74, 6) is -1.35. The Morgan fingerprint density at radius 2 is 2.25 bits per heavy atom. The number of methoxy groups -OCH3 is 1. The van der Waals surface area contributed by atoms with Gasteiger partial charge in [-0.2, -0.15) is 5.10 Å². The van der Waals surface area contributed by atoms with E-state index in [1.807, 2.05) is 11.9 Å². The van der Waals surface area contributed by atoms with Gasteiger partial charge in [-0.3, -0.25) is 5.10 Å². The minimum Gasteiger partial charge on any atom is -0.478 e. The maximum Gasteiger partial charge on any atom is 0.340 e. The van der Waals surface area contributed by atoms with Gasteiger partial charge in [0.25, 0.3) is 10.0 Å². The van der Waals surface area contributed by atoms with Gasteiger partial charge in [-0.15, -0.1) is 0 Å². The Bertz CT molecular complexity index is 542. The number of carboxylic acid groups (broad SMARTS) is 1. The average molecular weight is 306 g/mol. The minimum atomic E-state index is -3.92. The van der Waals surface area contributed by atoms with Crippen LogP contribution >= 0.6 is 0 Å². The van der Waals surface area contributed by atoms with E-state index in [-0.39, 0.29) is 12.1 Å². The molecule has 20 heavy (non-hydrogen) atoms. The van der Waals surface area contributed by atoms with Crippen molar-refractivity contribution in [1.82, 2.24) is 19.8 Å². The number of nitrogens with one attached hydrogen (secondary N) is 2. The lowest BCUT2D eigenvalue weighted by Gasteiger charge is -2.16. The molecule has 9 nitrogen and oxygen atoms in total. The van der Waals surface area contributed by atoms with Crippen LogP contribution in [0.15, 0.2) is 11.2 Å². The summed E-state index contributed by atoms with van der Waals surface area (Å²) in [4.78, 5) is 12.7. The Labute approximate surface area is 117 Å². The lowest BCUT2D eigenvalue weighted by Crippen LogP contribution is -2.35.